The maximum absolute atomic E-state index is 4.29. The molecule has 1 saturated heterocycles. The van der Waals surface area contributed by atoms with Gasteiger partial charge in [0.15, 0.2) is 0 Å². The van der Waals surface area contributed by atoms with Crippen LogP contribution in [0, 0.1) is 5.92 Å². The Morgan fingerprint density at radius 3 is 3.00 bits per heavy atom. The quantitative estimate of drug-likeness (QED) is 0.883. The van der Waals surface area contributed by atoms with Gasteiger partial charge in [-0.3, -0.25) is 4.98 Å². The maximum atomic E-state index is 4.29. The largest absolute Gasteiger partial charge is 0.368 e. The van der Waals surface area contributed by atoms with Crippen molar-refractivity contribution in [3.05, 3.63) is 24.0 Å². The normalized spacial score (nSPS) is 26.3. The van der Waals surface area contributed by atoms with E-state index in [1.165, 1.54) is 37.1 Å². The van der Waals surface area contributed by atoms with Gasteiger partial charge in [0.2, 0.25) is 0 Å². The summed E-state index contributed by atoms with van der Waals surface area (Å²) < 4.78 is 0. The van der Waals surface area contributed by atoms with Crippen molar-refractivity contribution >= 4 is 5.69 Å². The highest BCUT2D eigenvalue weighted by Crippen LogP contribution is 2.40. The summed E-state index contributed by atoms with van der Waals surface area (Å²) in [6.07, 6.45) is 8.17. The van der Waals surface area contributed by atoms with Gasteiger partial charge in [-0.2, -0.15) is 0 Å². The number of rotatable bonds is 4. The summed E-state index contributed by atoms with van der Waals surface area (Å²) in [4.78, 5) is 6.91. The van der Waals surface area contributed by atoms with Gasteiger partial charge in [0.05, 0.1) is 0 Å². The molecule has 1 aliphatic heterocycles. The molecule has 2 heterocycles. The maximum Gasteiger partial charge on any atom is 0.0445 e. The first-order chi connectivity index (χ1) is 8.74. The molecule has 3 rings (SSSR count). The lowest BCUT2D eigenvalue weighted by molar-refractivity contribution is 0.548. The highest BCUT2D eigenvalue weighted by atomic mass is 15.2. The number of pyridine rings is 1. The Hall–Kier alpha value is -1.09. The summed E-state index contributed by atoms with van der Waals surface area (Å²) in [6.45, 7) is 6.56. The monoisotopic (exact) mass is 245 g/mol. The van der Waals surface area contributed by atoms with Gasteiger partial charge in [-0.05, 0) is 31.2 Å². The van der Waals surface area contributed by atoms with Crippen molar-refractivity contribution in [2.75, 3.05) is 11.4 Å². The highest BCUT2D eigenvalue weighted by Gasteiger charge is 2.38. The first kappa shape index (κ1) is 12.0. The number of aromatic nitrogens is 1. The van der Waals surface area contributed by atoms with Gasteiger partial charge in [-0.15, -0.1) is 0 Å². The zero-order chi connectivity index (χ0) is 12.5. The third-order valence-electron chi connectivity index (χ3n) is 4.30. The van der Waals surface area contributed by atoms with Crippen LogP contribution in [0.2, 0.25) is 0 Å². The topological polar surface area (TPSA) is 28.2 Å². The molecule has 0 radical (unpaired) electrons. The minimum absolute atomic E-state index is 0.521. The summed E-state index contributed by atoms with van der Waals surface area (Å²) in [7, 11) is 0. The fourth-order valence-corrected chi connectivity index (χ4v) is 3.37. The summed E-state index contributed by atoms with van der Waals surface area (Å²) in [6, 6.07) is 3.50. The van der Waals surface area contributed by atoms with Crippen molar-refractivity contribution in [3.8, 4) is 0 Å². The number of nitrogens with zero attached hydrogens (tertiary/aromatic N) is 2. The Morgan fingerprint density at radius 2 is 2.33 bits per heavy atom. The third-order valence-corrected chi connectivity index (χ3v) is 4.30. The average molecular weight is 245 g/mol. The van der Waals surface area contributed by atoms with Crippen LogP contribution < -0.4 is 10.2 Å². The van der Waals surface area contributed by atoms with Crippen LogP contribution in [0.5, 0.6) is 0 Å². The minimum Gasteiger partial charge on any atom is -0.368 e. The molecular weight excluding hydrogens is 222 g/mol. The summed E-state index contributed by atoms with van der Waals surface area (Å²) >= 11 is 0. The number of hydrogen-bond donors (Lipinski definition) is 1. The predicted octanol–water partition coefficient (Wildman–Crippen LogP) is 2.57. The highest BCUT2D eigenvalue weighted by molar-refractivity contribution is 5.54. The zero-order valence-corrected chi connectivity index (χ0v) is 11.4. The van der Waals surface area contributed by atoms with Crippen molar-refractivity contribution in [3.63, 3.8) is 0 Å². The number of piperidine rings is 1. The van der Waals surface area contributed by atoms with E-state index in [0.29, 0.717) is 6.04 Å². The van der Waals surface area contributed by atoms with Crippen LogP contribution >= 0.6 is 0 Å². The molecule has 1 N–H and O–H groups in total. The molecule has 1 saturated carbocycles. The fraction of sp³-hybridized carbons (Fsp3) is 0.667. The van der Waals surface area contributed by atoms with Crippen LogP contribution in [0.1, 0.15) is 38.7 Å². The molecule has 2 unspecified atom stereocenters. The third kappa shape index (κ3) is 2.24. The van der Waals surface area contributed by atoms with Crippen molar-refractivity contribution in [1.29, 1.82) is 0 Å². The first-order valence-electron chi connectivity index (χ1n) is 7.17. The minimum atomic E-state index is 0.521. The molecule has 0 aromatic carbocycles. The van der Waals surface area contributed by atoms with E-state index in [2.05, 4.69) is 35.1 Å². The van der Waals surface area contributed by atoms with Crippen molar-refractivity contribution < 1.29 is 0 Å². The second-order valence-corrected chi connectivity index (χ2v) is 6.03. The lowest BCUT2D eigenvalue weighted by Gasteiger charge is -2.31. The Bertz CT molecular complexity index is 416. The summed E-state index contributed by atoms with van der Waals surface area (Å²) in [5.41, 5.74) is 2.75. The first-order valence-corrected chi connectivity index (χ1v) is 7.17. The zero-order valence-electron chi connectivity index (χ0n) is 11.4. The molecule has 2 atom stereocenters. The number of hydrogen-bond acceptors (Lipinski definition) is 3. The van der Waals surface area contributed by atoms with E-state index in [1.807, 2.05) is 12.4 Å². The summed E-state index contributed by atoms with van der Waals surface area (Å²) in [5, 5.41) is 3.50. The molecule has 3 heteroatoms. The Labute approximate surface area is 110 Å². The van der Waals surface area contributed by atoms with E-state index >= 15 is 0 Å². The smallest absolute Gasteiger partial charge is 0.0445 e. The van der Waals surface area contributed by atoms with Gasteiger partial charge in [0.25, 0.3) is 0 Å². The SMILES string of the molecule is CC(C)NCc1cnccc1N1CC2CCC1C2. The van der Waals surface area contributed by atoms with E-state index in [4.69, 9.17) is 0 Å². The second-order valence-electron chi connectivity index (χ2n) is 6.03. The molecule has 1 aromatic rings. The fourth-order valence-electron chi connectivity index (χ4n) is 3.37. The standard InChI is InChI=1S/C15H23N3/c1-11(2)17-9-13-8-16-6-5-15(13)18-10-12-3-4-14(18)7-12/h5-6,8,11-12,14,17H,3-4,7,9-10H2,1-2H3. The van der Waals surface area contributed by atoms with Crippen LogP contribution in [0.25, 0.3) is 0 Å². The van der Waals surface area contributed by atoms with Crippen molar-refractivity contribution in [2.45, 2.75) is 51.7 Å². The molecule has 2 aliphatic rings. The molecule has 18 heavy (non-hydrogen) atoms. The molecule has 2 fully saturated rings. The lowest BCUT2D eigenvalue weighted by Crippen LogP contribution is -2.33. The van der Waals surface area contributed by atoms with Crippen molar-refractivity contribution in [2.24, 2.45) is 5.92 Å². The Kier molecular flexibility index (Phi) is 3.25. The van der Waals surface area contributed by atoms with Crippen LogP contribution in [0.4, 0.5) is 5.69 Å². The number of nitrogens with one attached hydrogen (secondary N) is 1. The lowest BCUT2D eigenvalue weighted by atomic mass is 10.1. The van der Waals surface area contributed by atoms with Gasteiger partial charge in [0.1, 0.15) is 0 Å². The van der Waals surface area contributed by atoms with E-state index in [-0.39, 0.29) is 0 Å². The molecule has 2 bridgehead atoms. The molecule has 0 amide bonds. The molecular formula is C15H23N3. The van der Waals surface area contributed by atoms with Gasteiger partial charge >= 0.3 is 0 Å². The van der Waals surface area contributed by atoms with E-state index in [0.717, 1.165) is 18.5 Å². The average Bonchev–Trinajstić information content (AvgIpc) is 2.99. The number of fused-ring (bicyclic) bond motifs is 2. The molecule has 0 spiro atoms. The molecule has 1 aliphatic carbocycles. The van der Waals surface area contributed by atoms with E-state index in [1.54, 1.807) is 0 Å². The van der Waals surface area contributed by atoms with Crippen LogP contribution in [-0.4, -0.2) is 23.6 Å². The Morgan fingerprint density at radius 1 is 1.44 bits per heavy atom. The van der Waals surface area contributed by atoms with Gasteiger partial charge in [0, 0.05) is 48.8 Å². The Balaban J connectivity index is 1.79. The van der Waals surface area contributed by atoms with Gasteiger partial charge < -0.3 is 10.2 Å². The van der Waals surface area contributed by atoms with Crippen LogP contribution in [0.15, 0.2) is 18.5 Å². The van der Waals surface area contributed by atoms with Gasteiger partial charge in [-0.1, -0.05) is 13.8 Å². The molecule has 3 nitrogen and oxygen atoms in total. The molecule has 98 valence electrons. The second kappa shape index (κ2) is 4.88. The number of anilines is 1. The van der Waals surface area contributed by atoms with E-state index in [9.17, 15) is 0 Å². The van der Waals surface area contributed by atoms with Crippen LogP contribution in [-0.2, 0) is 6.54 Å². The molecule has 1 aromatic heterocycles. The summed E-state index contributed by atoms with van der Waals surface area (Å²) in [5.74, 6) is 0.939. The van der Waals surface area contributed by atoms with Gasteiger partial charge in [-0.25, -0.2) is 0 Å². The van der Waals surface area contributed by atoms with E-state index < -0.39 is 0 Å². The predicted molar refractivity (Wildman–Crippen MR) is 74.7 cm³/mol. The van der Waals surface area contributed by atoms with Crippen molar-refractivity contribution in [1.82, 2.24) is 10.3 Å². The van der Waals surface area contributed by atoms with Crippen LogP contribution in [0.3, 0.4) is 0 Å².